The Balaban J connectivity index is 0.00000128. The lowest BCUT2D eigenvalue weighted by atomic mass is 9.83. The summed E-state index contributed by atoms with van der Waals surface area (Å²) < 4.78 is 0. The van der Waals surface area contributed by atoms with E-state index >= 15 is 0 Å². The van der Waals surface area contributed by atoms with Gasteiger partial charge in [0.15, 0.2) is 0 Å². The monoisotopic (exact) mass is 248 g/mol. The van der Waals surface area contributed by atoms with Gasteiger partial charge in [0.25, 0.3) is 0 Å². The number of hydrogen-bond donors (Lipinski definition) is 3. The van der Waals surface area contributed by atoms with Crippen LogP contribution in [0.3, 0.4) is 0 Å². The standard InChI is InChI=1S/C11H20N2O2.ClH/c14-10-7-12-5-9(10)6-13-11(15)4-8-2-1-3-8;/h8-10,12,14H,1-7H2,(H,13,15);1H. The molecule has 1 saturated heterocycles. The van der Waals surface area contributed by atoms with Crippen molar-refractivity contribution in [2.24, 2.45) is 11.8 Å². The first-order valence-electron chi connectivity index (χ1n) is 5.91. The van der Waals surface area contributed by atoms with E-state index in [-0.39, 0.29) is 30.3 Å². The quantitative estimate of drug-likeness (QED) is 0.671. The molecule has 94 valence electrons. The fourth-order valence-electron chi connectivity index (χ4n) is 2.20. The Bertz CT molecular complexity index is 234. The summed E-state index contributed by atoms with van der Waals surface area (Å²) in [5, 5.41) is 15.6. The summed E-state index contributed by atoms with van der Waals surface area (Å²) in [6.07, 6.45) is 4.08. The average molecular weight is 249 g/mol. The Labute approximate surface area is 103 Å². The average Bonchev–Trinajstić information content (AvgIpc) is 2.55. The van der Waals surface area contributed by atoms with Crippen molar-refractivity contribution in [2.45, 2.75) is 31.8 Å². The van der Waals surface area contributed by atoms with Gasteiger partial charge in [-0.25, -0.2) is 0 Å². The summed E-state index contributed by atoms with van der Waals surface area (Å²) in [6, 6.07) is 0. The van der Waals surface area contributed by atoms with Crippen LogP contribution in [0.4, 0.5) is 0 Å². The number of aliphatic hydroxyl groups excluding tert-OH is 1. The topological polar surface area (TPSA) is 61.4 Å². The molecular formula is C11H21ClN2O2. The zero-order valence-corrected chi connectivity index (χ0v) is 10.3. The molecule has 0 aromatic carbocycles. The van der Waals surface area contributed by atoms with Crippen molar-refractivity contribution in [1.29, 1.82) is 0 Å². The van der Waals surface area contributed by atoms with Gasteiger partial charge in [-0.05, 0) is 18.8 Å². The second-order valence-electron chi connectivity index (χ2n) is 4.79. The molecule has 2 unspecified atom stereocenters. The molecule has 0 bridgehead atoms. The Kier molecular flexibility index (Phi) is 5.52. The van der Waals surface area contributed by atoms with Crippen molar-refractivity contribution in [3.63, 3.8) is 0 Å². The number of carbonyl (C=O) groups excluding carboxylic acids is 1. The maximum absolute atomic E-state index is 11.5. The van der Waals surface area contributed by atoms with Gasteiger partial charge < -0.3 is 15.7 Å². The van der Waals surface area contributed by atoms with E-state index in [1.165, 1.54) is 19.3 Å². The number of β-amino-alcohol motifs (C(OH)–C–C–N with tert-alkyl or cyclic N) is 1. The molecule has 4 nitrogen and oxygen atoms in total. The lowest BCUT2D eigenvalue weighted by Crippen LogP contribution is -2.35. The third-order valence-corrected chi connectivity index (χ3v) is 3.56. The minimum absolute atomic E-state index is 0. The van der Waals surface area contributed by atoms with Crippen LogP contribution in [0.5, 0.6) is 0 Å². The Hall–Kier alpha value is -0.320. The minimum atomic E-state index is -0.297. The fraction of sp³-hybridized carbons (Fsp3) is 0.909. The number of amides is 1. The second kappa shape index (κ2) is 6.42. The van der Waals surface area contributed by atoms with E-state index in [0.29, 0.717) is 25.4 Å². The molecule has 0 aromatic rings. The van der Waals surface area contributed by atoms with Crippen molar-refractivity contribution >= 4 is 18.3 Å². The predicted molar refractivity (Wildman–Crippen MR) is 64.6 cm³/mol. The van der Waals surface area contributed by atoms with Gasteiger partial charge in [0, 0.05) is 32.0 Å². The van der Waals surface area contributed by atoms with Gasteiger partial charge in [0.1, 0.15) is 0 Å². The summed E-state index contributed by atoms with van der Waals surface area (Å²) >= 11 is 0. The number of hydrogen-bond acceptors (Lipinski definition) is 3. The highest BCUT2D eigenvalue weighted by molar-refractivity contribution is 5.85. The second-order valence-corrected chi connectivity index (χ2v) is 4.79. The van der Waals surface area contributed by atoms with Crippen LogP contribution in [0.1, 0.15) is 25.7 Å². The first kappa shape index (κ1) is 13.7. The van der Waals surface area contributed by atoms with Crippen LogP contribution in [0, 0.1) is 11.8 Å². The molecule has 1 aliphatic heterocycles. The maximum Gasteiger partial charge on any atom is 0.220 e. The molecule has 1 amide bonds. The lowest BCUT2D eigenvalue weighted by Gasteiger charge is -2.24. The van der Waals surface area contributed by atoms with Gasteiger partial charge in [-0.3, -0.25) is 4.79 Å². The Morgan fingerprint density at radius 2 is 2.12 bits per heavy atom. The lowest BCUT2D eigenvalue weighted by molar-refractivity contribution is -0.122. The van der Waals surface area contributed by atoms with Crippen LogP contribution < -0.4 is 10.6 Å². The molecular weight excluding hydrogens is 228 g/mol. The van der Waals surface area contributed by atoms with Crippen LogP contribution in [0.15, 0.2) is 0 Å². The summed E-state index contributed by atoms with van der Waals surface area (Å²) in [5.41, 5.74) is 0. The van der Waals surface area contributed by atoms with Crippen LogP contribution in [-0.4, -0.2) is 36.8 Å². The highest BCUT2D eigenvalue weighted by Gasteiger charge is 2.26. The largest absolute Gasteiger partial charge is 0.391 e. The molecule has 2 rings (SSSR count). The molecule has 16 heavy (non-hydrogen) atoms. The van der Waals surface area contributed by atoms with Crippen molar-refractivity contribution < 1.29 is 9.90 Å². The van der Waals surface area contributed by atoms with Gasteiger partial charge in [0.05, 0.1) is 6.10 Å². The molecule has 1 saturated carbocycles. The molecule has 5 heteroatoms. The van der Waals surface area contributed by atoms with Gasteiger partial charge >= 0.3 is 0 Å². The van der Waals surface area contributed by atoms with E-state index in [2.05, 4.69) is 10.6 Å². The van der Waals surface area contributed by atoms with Crippen LogP contribution >= 0.6 is 12.4 Å². The van der Waals surface area contributed by atoms with Crippen LogP contribution in [0.2, 0.25) is 0 Å². The summed E-state index contributed by atoms with van der Waals surface area (Å²) in [4.78, 5) is 11.5. The first-order valence-corrected chi connectivity index (χ1v) is 5.91. The number of halogens is 1. The molecule has 1 heterocycles. The van der Waals surface area contributed by atoms with Crippen molar-refractivity contribution in [2.75, 3.05) is 19.6 Å². The number of aliphatic hydroxyl groups is 1. The number of carbonyl (C=O) groups is 1. The minimum Gasteiger partial charge on any atom is -0.391 e. The van der Waals surface area contributed by atoms with E-state index < -0.39 is 0 Å². The zero-order chi connectivity index (χ0) is 10.7. The smallest absolute Gasteiger partial charge is 0.220 e. The van der Waals surface area contributed by atoms with Gasteiger partial charge in [0.2, 0.25) is 5.91 Å². The fourth-order valence-corrected chi connectivity index (χ4v) is 2.20. The first-order chi connectivity index (χ1) is 7.25. The highest BCUT2D eigenvalue weighted by atomic mass is 35.5. The van der Waals surface area contributed by atoms with E-state index in [0.717, 1.165) is 6.54 Å². The summed E-state index contributed by atoms with van der Waals surface area (Å²) in [5.74, 6) is 0.964. The molecule has 0 spiro atoms. The van der Waals surface area contributed by atoms with E-state index in [9.17, 15) is 9.90 Å². The third kappa shape index (κ3) is 3.61. The third-order valence-electron chi connectivity index (χ3n) is 3.56. The highest BCUT2D eigenvalue weighted by Crippen LogP contribution is 2.29. The van der Waals surface area contributed by atoms with Crippen molar-refractivity contribution in [3.8, 4) is 0 Å². The molecule has 2 atom stereocenters. The van der Waals surface area contributed by atoms with Crippen molar-refractivity contribution in [3.05, 3.63) is 0 Å². The molecule has 3 N–H and O–H groups in total. The molecule has 2 fully saturated rings. The molecule has 0 aromatic heterocycles. The van der Waals surface area contributed by atoms with Gasteiger partial charge in [-0.2, -0.15) is 0 Å². The normalized spacial score (nSPS) is 29.3. The van der Waals surface area contributed by atoms with Crippen molar-refractivity contribution in [1.82, 2.24) is 10.6 Å². The summed E-state index contributed by atoms with van der Waals surface area (Å²) in [6.45, 7) is 2.08. The van der Waals surface area contributed by atoms with E-state index in [1.54, 1.807) is 0 Å². The molecule has 1 aliphatic carbocycles. The summed E-state index contributed by atoms with van der Waals surface area (Å²) in [7, 11) is 0. The Morgan fingerprint density at radius 3 is 2.62 bits per heavy atom. The van der Waals surface area contributed by atoms with Gasteiger partial charge in [-0.1, -0.05) is 6.42 Å². The van der Waals surface area contributed by atoms with E-state index in [4.69, 9.17) is 0 Å². The van der Waals surface area contributed by atoms with Gasteiger partial charge in [-0.15, -0.1) is 12.4 Å². The number of nitrogens with one attached hydrogen (secondary N) is 2. The van der Waals surface area contributed by atoms with Crippen LogP contribution in [0.25, 0.3) is 0 Å². The maximum atomic E-state index is 11.5. The Morgan fingerprint density at radius 1 is 1.38 bits per heavy atom. The molecule has 0 radical (unpaired) electrons. The zero-order valence-electron chi connectivity index (χ0n) is 9.45. The number of rotatable bonds is 4. The van der Waals surface area contributed by atoms with E-state index in [1.807, 2.05) is 0 Å². The molecule has 2 aliphatic rings. The van der Waals surface area contributed by atoms with Crippen LogP contribution in [-0.2, 0) is 4.79 Å². The predicted octanol–water partition coefficient (Wildman–Crippen LogP) is 0.295. The SMILES string of the molecule is Cl.O=C(CC1CCC1)NCC1CNCC1O.